The fourth-order valence-electron chi connectivity index (χ4n) is 2.89. The van der Waals surface area contributed by atoms with E-state index in [9.17, 15) is 22.8 Å². The number of hydrogen-bond acceptors (Lipinski definition) is 4. The summed E-state index contributed by atoms with van der Waals surface area (Å²) >= 11 is 3.24. The molecule has 0 aromatic carbocycles. The molecule has 10 heteroatoms. The van der Waals surface area contributed by atoms with Gasteiger partial charge in [-0.15, -0.1) is 0 Å². The number of nitrogens with zero attached hydrogens (tertiary/aromatic N) is 3. The number of carbonyl (C=O) groups excluding carboxylic acids is 2. The zero-order valence-corrected chi connectivity index (χ0v) is 15.8. The number of rotatable bonds is 5. The third-order valence-corrected chi connectivity index (χ3v) is 4.48. The Morgan fingerprint density at radius 1 is 1.42 bits per heavy atom. The maximum absolute atomic E-state index is 12.5. The normalized spacial score (nSPS) is 18.4. The Kier molecular flexibility index (Phi) is 6.99. The molecule has 1 aliphatic heterocycles. The first-order chi connectivity index (χ1) is 12.1. The Bertz CT molecular complexity index is 639. The molecule has 1 atom stereocenters. The molecule has 0 radical (unpaired) electrons. The minimum atomic E-state index is -4.28. The molecule has 1 N–H and O–H groups in total. The second kappa shape index (κ2) is 8.81. The first-order valence-electron chi connectivity index (χ1n) is 8.09. The molecule has 1 fully saturated rings. The first-order valence-corrected chi connectivity index (χ1v) is 8.89. The Morgan fingerprint density at radius 2 is 2.15 bits per heavy atom. The summed E-state index contributed by atoms with van der Waals surface area (Å²) in [4.78, 5) is 31.0. The predicted octanol–water partition coefficient (Wildman–Crippen LogP) is 2.52. The van der Waals surface area contributed by atoms with E-state index in [4.69, 9.17) is 0 Å². The SMILES string of the molecule is CN(CC(=O)Nc1ccc(Br)cn1)C(=O)[C@H]1CCCN(CC(F)(F)F)C1. The van der Waals surface area contributed by atoms with Gasteiger partial charge in [-0.2, -0.15) is 13.2 Å². The van der Waals surface area contributed by atoms with Gasteiger partial charge in [0.15, 0.2) is 0 Å². The summed E-state index contributed by atoms with van der Waals surface area (Å²) in [6, 6.07) is 3.33. The van der Waals surface area contributed by atoms with Crippen LogP contribution in [0.25, 0.3) is 0 Å². The van der Waals surface area contributed by atoms with Crippen LogP contribution in [0.2, 0.25) is 0 Å². The largest absolute Gasteiger partial charge is 0.401 e. The number of likely N-dealkylation sites (tertiary alicyclic amines) is 1. The smallest absolute Gasteiger partial charge is 0.336 e. The molecule has 6 nitrogen and oxygen atoms in total. The van der Waals surface area contributed by atoms with Gasteiger partial charge in [0.2, 0.25) is 11.8 Å². The Labute approximate surface area is 157 Å². The summed E-state index contributed by atoms with van der Waals surface area (Å²) in [5, 5.41) is 2.57. The van der Waals surface area contributed by atoms with E-state index >= 15 is 0 Å². The highest BCUT2D eigenvalue weighted by Crippen LogP contribution is 2.23. The van der Waals surface area contributed by atoms with Crippen LogP contribution in [0.3, 0.4) is 0 Å². The van der Waals surface area contributed by atoms with E-state index in [1.807, 2.05) is 0 Å². The topological polar surface area (TPSA) is 65.5 Å². The Balaban J connectivity index is 1.85. The standard InChI is InChI=1S/C16H20BrF3N4O2/c1-23(9-14(25)22-13-5-4-12(17)7-21-13)15(26)11-3-2-6-24(8-11)10-16(18,19)20/h4-5,7,11H,2-3,6,8-10H2,1H3,(H,21,22,25)/t11-/m0/s1. The fraction of sp³-hybridized carbons (Fsp3) is 0.562. The Hall–Kier alpha value is -1.68. The lowest BCUT2D eigenvalue weighted by Crippen LogP contribution is -2.47. The molecule has 144 valence electrons. The molecule has 2 heterocycles. The molecule has 26 heavy (non-hydrogen) atoms. The molecule has 0 aliphatic carbocycles. The number of aromatic nitrogens is 1. The molecule has 1 aliphatic rings. The number of piperidine rings is 1. The Morgan fingerprint density at radius 3 is 2.77 bits per heavy atom. The van der Waals surface area contributed by atoms with Crippen molar-refractivity contribution in [1.82, 2.24) is 14.8 Å². The van der Waals surface area contributed by atoms with Crippen LogP contribution in [-0.2, 0) is 9.59 Å². The van der Waals surface area contributed by atoms with Crippen molar-refractivity contribution in [2.24, 2.45) is 5.92 Å². The monoisotopic (exact) mass is 436 g/mol. The van der Waals surface area contributed by atoms with Crippen LogP contribution >= 0.6 is 15.9 Å². The number of likely N-dealkylation sites (N-methyl/N-ethyl adjacent to an activating group) is 1. The van der Waals surface area contributed by atoms with Gasteiger partial charge in [-0.3, -0.25) is 14.5 Å². The number of halogens is 4. The first kappa shape index (κ1) is 20.6. The van der Waals surface area contributed by atoms with Gasteiger partial charge in [0.25, 0.3) is 0 Å². The number of anilines is 1. The van der Waals surface area contributed by atoms with E-state index in [2.05, 4.69) is 26.2 Å². The van der Waals surface area contributed by atoms with Crippen LogP contribution in [0, 0.1) is 5.92 Å². The second-order valence-corrected chi connectivity index (χ2v) is 7.21. The number of nitrogens with one attached hydrogen (secondary N) is 1. The summed E-state index contributed by atoms with van der Waals surface area (Å²) in [7, 11) is 1.47. The maximum atomic E-state index is 12.5. The van der Waals surface area contributed by atoms with Crippen molar-refractivity contribution in [3.05, 3.63) is 22.8 Å². The number of carbonyl (C=O) groups is 2. The van der Waals surface area contributed by atoms with Crippen LogP contribution in [0.4, 0.5) is 19.0 Å². The minimum absolute atomic E-state index is 0.0541. The zero-order valence-electron chi connectivity index (χ0n) is 14.2. The molecule has 2 amide bonds. The summed E-state index contributed by atoms with van der Waals surface area (Å²) in [6.07, 6.45) is -1.71. The van der Waals surface area contributed by atoms with Crippen molar-refractivity contribution in [3.63, 3.8) is 0 Å². The molecular weight excluding hydrogens is 417 g/mol. The maximum Gasteiger partial charge on any atom is 0.401 e. The summed E-state index contributed by atoms with van der Waals surface area (Å²) < 4.78 is 38.4. The van der Waals surface area contributed by atoms with Crippen molar-refractivity contribution in [1.29, 1.82) is 0 Å². The van der Waals surface area contributed by atoms with Crippen LogP contribution in [-0.4, -0.2) is 66.0 Å². The number of hydrogen-bond donors (Lipinski definition) is 1. The van der Waals surface area contributed by atoms with Crippen molar-refractivity contribution in [2.75, 3.05) is 38.5 Å². The second-order valence-electron chi connectivity index (χ2n) is 6.29. The lowest BCUT2D eigenvalue weighted by Gasteiger charge is -2.34. The van der Waals surface area contributed by atoms with Crippen LogP contribution in [0.5, 0.6) is 0 Å². The number of alkyl halides is 3. The van der Waals surface area contributed by atoms with Gasteiger partial charge in [-0.25, -0.2) is 4.98 Å². The van der Waals surface area contributed by atoms with E-state index < -0.39 is 24.5 Å². The zero-order chi connectivity index (χ0) is 19.3. The lowest BCUT2D eigenvalue weighted by atomic mass is 9.96. The van der Waals surface area contributed by atoms with Crippen LogP contribution < -0.4 is 5.32 Å². The van der Waals surface area contributed by atoms with E-state index in [0.29, 0.717) is 25.2 Å². The number of pyridine rings is 1. The van der Waals surface area contributed by atoms with Gasteiger partial charge < -0.3 is 10.2 Å². The van der Waals surface area contributed by atoms with Gasteiger partial charge in [0.1, 0.15) is 5.82 Å². The van der Waals surface area contributed by atoms with E-state index in [-0.39, 0.29) is 19.0 Å². The fourth-order valence-corrected chi connectivity index (χ4v) is 3.13. The van der Waals surface area contributed by atoms with Crippen LogP contribution in [0.1, 0.15) is 12.8 Å². The summed E-state index contributed by atoms with van der Waals surface area (Å²) in [6.45, 7) is -0.830. The molecule has 0 unspecified atom stereocenters. The molecule has 1 aromatic heterocycles. The summed E-state index contributed by atoms with van der Waals surface area (Å²) in [5.41, 5.74) is 0. The van der Waals surface area contributed by atoms with Crippen molar-refractivity contribution >= 4 is 33.6 Å². The number of amides is 2. The van der Waals surface area contributed by atoms with Gasteiger partial charge in [-0.05, 0) is 47.4 Å². The molecule has 1 aromatic rings. The van der Waals surface area contributed by atoms with Gasteiger partial charge in [0.05, 0.1) is 19.0 Å². The molecule has 1 saturated heterocycles. The predicted molar refractivity (Wildman–Crippen MR) is 93.4 cm³/mol. The third kappa shape index (κ3) is 6.56. The van der Waals surface area contributed by atoms with Crippen molar-refractivity contribution in [3.8, 4) is 0 Å². The highest BCUT2D eigenvalue weighted by Gasteiger charge is 2.35. The van der Waals surface area contributed by atoms with Crippen molar-refractivity contribution in [2.45, 2.75) is 19.0 Å². The summed E-state index contributed by atoms with van der Waals surface area (Å²) in [5.74, 6) is -0.919. The van der Waals surface area contributed by atoms with Gasteiger partial charge in [-0.1, -0.05) is 0 Å². The van der Waals surface area contributed by atoms with E-state index in [1.165, 1.54) is 23.0 Å². The molecule has 2 rings (SSSR count). The average Bonchev–Trinajstić information content (AvgIpc) is 2.55. The molecule has 0 spiro atoms. The molecule has 0 saturated carbocycles. The minimum Gasteiger partial charge on any atom is -0.336 e. The van der Waals surface area contributed by atoms with E-state index in [1.54, 1.807) is 12.1 Å². The highest BCUT2D eigenvalue weighted by molar-refractivity contribution is 9.10. The van der Waals surface area contributed by atoms with Gasteiger partial charge >= 0.3 is 6.18 Å². The average molecular weight is 437 g/mol. The molecule has 0 bridgehead atoms. The third-order valence-electron chi connectivity index (χ3n) is 4.01. The van der Waals surface area contributed by atoms with Crippen LogP contribution in [0.15, 0.2) is 22.8 Å². The highest BCUT2D eigenvalue weighted by atomic mass is 79.9. The van der Waals surface area contributed by atoms with Gasteiger partial charge in [0, 0.05) is 24.3 Å². The lowest BCUT2D eigenvalue weighted by molar-refractivity contribution is -0.154. The van der Waals surface area contributed by atoms with Crippen molar-refractivity contribution < 1.29 is 22.8 Å². The van der Waals surface area contributed by atoms with E-state index in [0.717, 1.165) is 4.47 Å². The quantitative estimate of drug-likeness (QED) is 0.769. The molecular formula is C16H20BrF3N4O2.